The summed E-state index contributed by atoms with van der Waals surface area (Å²) >= 11 is 3.42. The summed E-state index contributed by atoms with van der Waals surface area (Å²) in [5, 5.41) is 51.2. The fraction of sp³-hybridized carbons (Fsp3) is 0.750. The first kappa shape index (κ1) is 18.6. The molecule has 6 N–H and O–H groups in total. The number of aldehydes is 1. The molecule has 0 rings (SSSR count). The van der Waals surface area contributed by atoms with E-state index in [1.807, 2.05) is 0 Å². The minimum absolute atomic E-state index is 0.0258. The minimum atomic E-state index is -1.79. The number of carboxylic acids is 1. The van der Waals surface area contributed by atoms with Crippen LogP contribution in [-0.4, -0.2) is 79.7 Å². The van der Waals surface area contributed by atoms with E-state index >= 15 is 0 Å². The summed E-state index contributed by atoms with van der Waals surface area (Å²) in [7, 11) is 0. The van der Waals surface area contributed by atoms with E-state index in [0.29, 0.717) is 0 Å². The van der Waals surface area contributed by atoms with Gasteiger partial charge in [-0.05, 0) is 0 Å². The molecular weight excluding hydrogens is 256 g/mol. The molecule has 0 unspecified atom stereocenters. The molecule has 0 saturated heterocycles. The van der Waals surface area contributed by atoms with Gasteiger partial charge in [-0.1, -0.05) is 0 Å². The molecule has 8 nitrogen and oxygen atoms in total. The summed E-state index contributed by atoms with van der Waals surface area (Å²) in [6.45, 7) is -0.760. The van der Waals surface area contributed by atoms with E-state index in [4.69, 9.17) is 30.6 Å². The van der Waals surface area contributed by atoms with E-state index in [-0.39, 0.29) is 12.0 Å². The van der Waals surface area contributed by atoms with Crippen LogP contribution in [0, 0.1) is 0 Å². The Hall–Kier alpha value is -0.710. The van der Waals surface area contributed by atoms with Gasteiger partial charge in [0.15, 0.2) is 6.29 Å². The van der Waals surface area contributed by atoms with Gasteiger partial charge in [-0.2, -0.15) is 12.6 Å². The lowest BCUT2D eigenvalue weighted by molar-refractivity contribution is -0.136. The van der Waals surface area contributed by atoms with Crippen molar-refractivity contribution in [2.75, 3.05) is 12.4 Å². The topological polar surface area (TPSA) is 156 Å². The summed E-state index contributed by atoms with van der Waals surface area (Å²) < 4.78 is 0. The van der Waals surface area contributed by atoms with Crippen LogP contribution in [0.3, 0.4) is 0 Å². The standard InChI is InChI=1S/C6H12O6.C2H4O2S/c7-1-3(9)5(11)6(12)4(10)2-8;3-2(4)1-5/h1,3-6,8-12H,2H2;5H,1H2,(H,3,4)/t3-,4+,5+,6+;/m0./s1. The SMILES string of the molecule is O=C(O)CS.O=C[C@H](O)[C@@H](O)[C@H](O)[C@H](O)CO. The Morgan fingerprint density at radius 1 is 1.18 bits per heavy atom. The van der Waals surface area contributed by atoms with Crippen LogP contribution in [0.25, 0.3) is 0 Å². The Labute approximate surface area is 103 Å². The molecule has 0 aliphatic carbocycles. The number of carboxylic acid groups (broad SMARTS) is 1. The monoisotopic (exact) mass is 272 g/mol. The Morgan fingerprint density at radius 2 is 1.59 bits per heavy atom. The van der Waals surface area contributed by atoms with E-state index in [0.717, 1.165) is 0 Å². The van der Waals surface area contributed by atoms with Crippen LogP contribution >= 0.6 is 12.6 Å². The summed E-state index contributed by atoms with van der Waals surface area (Å²) in [4.78, 5) is 19.2. The second-order valence-electron chi connectivity index (χ2n) is 2.91. The molecule has 0 aliphatic rings. The zero-order valence-electron chi connectivity index (χ0n) is 8.75. The molecule has 0 amide bonds. The number of aliphatic carboxylic acids is 1. The number of hydrogen-bond acceptors (Lipinski definition) is 8. The van der Waals surface area contributed by atoms with Gasteiger partial charge >= 0.3 is 5.97 Å². The average molecular weight is 272 g/mol. The summed E-state index contributed by atoms with van der Waals surface area (Å²) in [5.41, 5.74) is 0. The number of aliphatic hydroxyl groups excluding tert-OH is 5. The van der Waals surface area contributed by atoms with E-state index in [1.165, 1.54) is 0 Å². The quantitative estimate of drug-likeness (QED) is 0.195. The zero-order chi connectivity index (χ0) is 14.0. The van der Waals surface area contributed by atoms with Crippen LogP contribution in [-0.2, 0) is 9.59 Å². The van der Waals surface area contributed by atoms with Crippen molar-refractivity contribution in [3.05, 3.63) is 0 Å². The molecule has 0 spiro atoms. The molecule has 0 aromatic rings. The van der Waals surface area contributed by atoms with Gasteiger partial charge in [0, 0.05) is 0 Å². The van der Waals surface area contributed by atoms with Crippen molar-refractivity contribution in [1.29, 1.82) is 0 Å². The summed E-state index contributed by atoms with van der Waals surface area (Å²) in [5.74, 6) is -0.965. The smallest absolute Gasteiger partial charge is 0.313 e. The zero-order valence-corrected chi connectivity index (χ0v) is 9.64. The van der Waals surface area contributed by atoms with E-state index in [2.05, 4.69) is 12.6 Å². The van der Waals surface area contributed by atoms with E-state index in [9.17, 15) is 9.59 Å². The van der Waals surface area contributed by atoms with E-state index < -0.39 is 37.0 Å². The molecule has 0 saturated carbocycles. The Kier molecular flexibility index (Phi) is 11.5. The minimum Gasteiger partial charge on any atom is -0.481 e. The number of carbonyl (C=O) groups is 2. The van der Waals surface area contributed by atoms with Crippen LogP contribution in [0.15, 0.2) is 0 Å². The van der Waals surface area contributed by atoms with Crippen LogP contribution in [0.5, 0.6) is 0 Å². The predicted molar refractivity (Wildman–Crippen MR) is 58.7 cm³/mol. The highest BCUT2D eigenvalue weighted by molar-refractivity contribution is 7.81. The highest BCUT2D eigenvalue weighted by atomic mass is 32.1. The largest absolute Gasteiger partial charge is 0.481 e. The molecule has 0 aliphatic heterocycles. The van der Waals surface area contributed by atoms with Gasteiger partial charge in [-0.25, -0.2) is 0 Å². The van der Waals surface area contributed by atoms with E-state index in [1.54, 1.807) is 0 Å². The van der Waals surface area contributed by atoms with Crippen molar-refractivity contribution in [3.8, 4) is 0 Å². The Morgan fingerprint density at radius 3 is 1.82 bits per heavy atom. The summed E-state index contributed by atoms with van der Waals surface area (Å²) in [6.07, 6.45) is -6.84. The highest BCUT2D eigenvalue weighted by Gasteiger charge is 2.29. The van der Waals surface area contributed by atoms with Crippen LogP contribution < -0.4 is 0 Å². The van der Waals surface area contributed by atoms with Gasteiger partial charge in [0.25, 0.3) is 0 Å². The molecule has 0 aromatic heterocycles. The third-order valence-electron chi connectivity index (χ3n) is 1.56. The number of hydrogen-bond donors (Lipinski definition) is 7. The predicted octanol–water partition coefficient (Wildman–Crippen LogP) is -3.38. The van der Waals surface area contributed by atoms with Gasteiger partial charge in [0.1, 0.15) is 24.4 Å². The lowest BCUT2D eigenvalue weighted by Gasteiger charge is -2.22. The maximum Gasteiger partial charge on any atom is 0.313 e. The van der Waals surface area contributed by atoms with Crippen molar-refractivity contribution >= 4 is 24.9 Å². The lowest BCUT2D eigenvalue weighted by Crippen LogP contribution is -2.46. The van der Waals surface area contributed by atoms with Gasteiger partial charge in [0.05, 0.1) is 12.4 Å². The molecule has 4 atom stereocenters. The maximum atomic E-state index is 9.90. The molecule has 102 valence electrons. The number of aliphatic hydroxyl groups is 5. The number of thiol groups is 1. The maximum absolute atomic E-state index is 9.90. The third kappa shape index (κ3) is 9.03. The van der Waals surface area contributed by atoms with Crippen molar-refractivity contribution < 1.29 is 40.2 Å². The normalized spacial score (nSPS) is 17.1. The molecule has 0 heterocycles. The molecule has 9 heteroatoms. The van der Waals surface area contributed by atoms with Crippen molar-refractivity contribution in [2.45, 2.75) is 24.4 Å². The van der Waals surface area contributed by atoms with Gasteiger partial charge in [0.2, 0.25) is 0 Å². The number of carbonyl (C=O) groups excluding carboxylic acids is 1. The van der Waals surface area contributed by atoms with Gasteiger partial charge < -0.3 is 35.4 Å². The van der Waals surface area contributed by atoms with Crippen LogP contribution in [0.2, 0.25) is 0 Å². The first-order valence-corrected chi connectivity index (χ1v) is 5.06. The molecule has 0 fully saturated rings. The summed E-state index contributed by atoms with van der Waals surface area (Å²) in [6, 6.07) is 0. The Balaban J connectivity index is 0. The van der Waals surface area contributed by atoms with Gasteiger partial charge in [-0.15, -0.1) is 0 Å². The van der Waals surface area contributed by atoms with Crippen LogP contribution in [0.1, 0.15) is 0 Å². The highest BCUT2D eigenvalue weighted by Crippen LogP contribution is 2.02. The van der Waals surface area contributed by atoms with Crippen LogP contribution in [0.4, 0.5) is 0 Å². The number of rotatable bonds is 6. The van der Waals surface area contributed by atoms with Crippen molar-refractivity contribution in [1.82, 2.24) is 0 Å². The fourth-order valence-corrected chi connectivity index (χ4v) is 0.618. The molecule has 0 aromatic carbocycles. The second kappa shape index (κ2) is 10.4. The molecule has 0 bridgehead atoms. The molecule has 0 radical (unpaired) electrons. The average Bonchev–Trinajstić information content (AvgIpc) is 2.35. The fourth-order valence-electron chi connectivity index (χ4n) is 0.618. The van der Waals surface area contributed by atoms with Crippen molar-refractivity contribution in [3.63, 3.8) is 0 Å². The lowest BCUT2D eigenvalue weighted by atomic mass is 10.0. The second-order valence-corrected chi connectivity index (χ2v) is 3.23. The van der Waals surface area contributed by atoms with Crippen molar-refractivity contribution in [2.24, 2.45) is 0 Å². The molecule has 17 heavy (non-hydrogen) atoms. The van der Waals surface area contributed by atoms with Gasteiger partial charge in [-0.3, -0.25) is 4.79 Å². The third-order valence-corrected chi connectivity index (χ3v) is 1.83. The first-order valence-electron chi connectivity index (χ1n) is 4.42. The molecular formula is C8H16O8S. The first-order chi connectivity index (χ1) is 7.81. The Bertz CT molecular complexity index is 224.